The zero-order chi connectivity index (χ0) is 29.1. The third-order valence-electron chi connectivity index (χ3n) is 4.82. The van der Waals surface area contributed by atoms with Gasteiger partial charge in [-0.05, 0) is 54.0 Å². The topological polar surface area (TPSA) is 134 Å². The molecule has 3 atom stereocenters. The number of alkyl carbamates (subject to hydrolysis) is 1. The summed E-state index contributed by atoms with van der Waals surface area (Å²) >= 11 is 0. The number of ether oxygens (including phenoxy) is 4. The summed E-state index contributed by atoms with van der Waals surface area (Å²) in [6, 6.07) is 7.65. The average molecular weight is 534 g/mol. The fraction of sp³-hybridized carbons (Fsp3) is 0.536. The average Bonchev–Trinajstić information content (AvgIpc) is 2.78. The lowest BCUT2D eigenvalue weighted by atomic mass is 9.86. The highest BCUT2D eigenvalue weighted by Crippen LogP contribution is 2.26. The van der Waals surface area contributed by atoms with Crippen LogP contribution in [0.2, 0.25) is 0 Å². The fourth-order valence-corrected chi connectivity index (χ4v) is 3.15. The molecule has 0 aliphatic rings. The first-order chi connectivity index (χ1) is 17.5. The van der Waals surface area contributed by atoms with Crippen molar-refractivity contribution in [2.75, 3.05) is 6.61 Å². The molecule has 10 heteroatoms. The number of carbonyl (C=O) groups is 5. The molecule has 38 heavy (non-hydrogen) atoms. The van der Waals surface area contributed by atoms with E-state index < -0.39 is 65.3 Å². The lowest BCUT2D eigenvalue weighted by Gasteiger charge is -2.27. The Balaban J connectivity index is 3.28. The van der Waals surface area contributed by atoms with Gasteiger partial charge in [-0.3, -0.25) is 19.2 Å². The van der Waals surface area contributed by atoms with Crippen molar-refractivity contribution in [3.8, 4) is 0 Å². The highest BCUT2D eigenvalue weighted by molar-refractivity contribution is 6.01. The second kappa shape index (κ2) is 14.3. The quantitative estimate of drug-likeness (QED) is 0.184. The first-order valence-corrected chi connectivity index (χ1v) is 12.3. The number of ketones is 1. The molecule has 0 aliphatic heterocycles. The van der Waals surface area contributed by atoms with Crippen LogP contribution in [0.5, 0.6) is 0 Å². The van der Waals surface area contributed by atoms with E-state index in [4.69, 9.17) is 18.9 Å². The Bertz CT molecular complexity index is 990. The molecule has 1 aromatic carbocycles. The van der Waals surface area contributed by atoms with E-state index in [-0.39, 0.29) is 13.2 Å². The van der Waals surface area contributed by atoms with Gasteiger partial charge in [-0.1, -0.05) is 43.0 Å². The summed E-state index contributed by atoms with van der Waals surface area (Å²) < 4.78 is 21.0. The molecule has 0 fully saturated rings. The molecule has 0 aliphatic carbocycles. The Hall–Kier alpha value is -3.69. The van der Waals surface area contributed by atoms with Crippen molar-refractivity contribution in [3.63, 3.8) is 0 Å². The van der Waals surface area contributed by atoms with Crippen LogP contribution in [0.1, 0.15) is 60.5 Å². The SMILES string of the molecule is C=CCOC(=O)C(C(=O)OC(C)(C)C)[C@H](CC(=O)[C@H](C)NC(=O)OC(C)(C)C)C(=O)OCc1ccccc1. The van der Waals surface area contributed by atoms with Crippen molar-refractivity contribution in [1.82, 2.24) is 5.32 Å². The number of Topliss-reactive ketones (excluding diaryl/α,β-unsaturated/α-hetero) is 1. The standard InChI is InChI=1S/C28H39NO9/c1-9-15-35-24(32)22(25(33)37-27(3,4)5)20(23(31)36-17-19-13-11-10-12-14-19)16-21(30)18(2)29-26(34)38-28(6,7)8/h9-14,18,20,22H,1,15-17H2,2-8H3,(H,29,34)/t18-,20-,22?/m0/s1. The number of carbonyl (C=O) groups excluding carboxylic acids is 5. The van der Waals surface area contributed by atoms with E-state index in [1.54, 1.807) is 71.9 Å². The van der Waals surface area contributed by atoms with Gasteiger partial charge in [0.25, 0.3) is 0 Å². The number of amides is 1. The highest BCUT2D eigenvalue weighted by atomic mass is 16.6. The van der Waals surface area contributed by atoms with E-state index in [1.165, 1.54) is 13.0 Å². The Kier molecular flexibility index (Phi) is 12.2. The second-order valence-electron chi connectivity index (χ2n) is 10.7. The van der Waals surface area contributed by atoms with Gasteiger partial charge in [0.15, 0.2) is 11.7 Å². The summed E-state index contributed by atoms with van der Waals surface area (Å²) in [5.74, 6) is -7.10. The molecular weight excluding hydrogens is 494 g/mol. The summed E-state index contributed by atoms with van der Waals surface area (Å²) in [5, 5.41) is 2.40. The van der Waals surface area contributed by atoms with Crippen LogP contribution >= 0.6 is 0 Å². The molecule has 1 amide bonds. The summed E-state index contributed by atoms with van der Waals surface area (Å²) in [4.78, 5) is 64.5. The van der Waals surface area contributed by atoms with Crippen molar-refractivity contribution in [1.29, 1.82) is 0 Å². The van der Waals surface area contributed by atoms with Crippen LogP contribution in [0.25, 0.3) is 0 Å². The zero-order valence-electron chi connectivity index (χ0n) is 23.2. The molecule has 1 aromatic rings. The molecule has 1 unspecified atom stereocenters. The first kappa shape index (κ1) is 32.3. The van der Waals surface area contributed by atoms with E-state index in [2.05, 4.69) is 11.9 Å². The summed E-state index contributed by atoms with van der Waals surface area (Å²) in [6.07, 6.45) is -0.154. The van der Waals surface area contributed by atoms with Crippen LogP contribution < -0.4 is 5.32 Å². The summed E-state index contributed by atoms with van der Waals surface area (Å²) in [5.41, 5.74) is -1.14. The minimum absolute atomic E-state index is 0.154. The lowest BCUT2D eigenvalue weighted by molar-refractivity contribution is -0.177. The predicted octanol–water partition coefficient (Wildman–Crippen LogP) is 3.91. The van der Waals surface area contributed by atoms with Gasteiger partial charge in [-0.25, -0.2) is 4.79 Å². The zero-order valence-corrected chi connectivity index (χ0v) is 23.2. The van der Waals surface area contributed by atoms with Gasteiger partial charge in [0, 0.05) is 6.42 Å². The maximum atomic E-state index is 13.3. The molecule has 0 radical (unpaired) electrons. The minimum Gasteiger partial charge on any atom is -0.461 e. The molecule has 0 heterocycles. The van der Waals surface area contributed by atoms with Gasteiger partial charge in [0.1, 0.15) is 24.4 Å². The van der Waals surface area contributed by atoms with E-state index in [9.17, 15) is 24.0 Å². The number of esters is 3. The van der Waals surface area contributed by atoms with Gasteiger partial charge in [0.2, 0.25) is 0 Å². The van der Waals surface area contributed by atoms with Crippen molar-refractivity contribution < 1.29 is 42.9 Å². The third kappa shape index (κ3) is 12.0. The molecule has 0 saturated carbocycles. The number of benzene rings is 1. The Morgan fingerprint density at radius 2 is 1.45 bits per heavy atom. The summed E-state index contributed by atoms with van der Waals surface area (Å²) in [6.45, 7) is 14.3. The van der Waals surface area contributed by atoms with Crippen molar-refractivity contribution in [2.24, 2.45) is 11.8 Å². The third-order valence-corrected chi connectivity index (χ3v) is 4.82. The van der Waals surface area contributed by atoms with Crippen molar-refractivity contribution >= 4 is 29.8 Å². The Labute approximate surface area is 224 Å². The molecule has 10 nitrogen and oxygen atoms in total. The molecular formula is C28H39NO9. The van der Waals surface area contributed by atoms with E-state index in [0.717, 1.165) is 0 Å². The van der Waals surface area contributed by atoms with Gasteiger partial charge >= 0.3 is 24.0 Å². The van der Waals surface area contributed by atoms with E-state index in [0.29, 0.717) is 5.56 Å². The van der Waals surface area contributed by atoms with Crippen LogP contribution in [0.3, 0.4) is 0 Å². The van der Waals surface area contributed by atoms with Gasteiger partial charge in [0.05, 0.1) is 12.0 Å². The largest absolute Gasteiger partial charge is 0.461 e. The maximum Gasteiger partial charge on any atom is 0.408 e. The molecule has 0 bridgehead atoms. The second-order valence-corrected chi connectivity index (χ2v) is 10.7. The number of hydrogen-bond acceptors (Lipinski definition) is 9. The number of nitrogens with one attached hydrogen (secondary N) is 1. The van der Waals surface area contributed by atoms with Crippen LogP contribution in [-0.4, -0.2) is 53.6 Å². The van der Waals surface area contributed by atoms with Crippen LogP contribution in [0.4, 0.5) is 4.79 Å². The first-order valence-electron chi connectivity index (χ1n) is 12.3. The molecule has 0 spiro atoms. The Morgan fingerprint density at radius 1 is 0.868 bits per heavy atom. The van der Waals surface area contributed by atoms with Gasteiger partial charge < -0.3 is 24.3 Å². The summed E-state index contributed by atoms with van der Waals surface area (Å²) in [7, 11) is 0. The minimum atomic E-state index is -1.80. The van der Waals surface area contributed by atoms with Crippen LogP contribution in [0.15, 0.2) is 43.0 Å². The smallest absolute Gasteiger partial charge is 0.408 e. The fourth-order valence-electron chi connectivity index (χ4n) is 3.15. The van der Waals surface area contributed by atoms with Gasteiger partial charge in [-0.15, -0.1) is 0 Å². The molecule has 1 rings (SSSR count). The Morgan fingerprint density at radius 3 is 1.97 bits per heavy atom. The molecule has 1 N–H and O–H groups in total. The van der Waals surface area contributed by atoms with Crippen LogP contribution in [0, 0.1) is 11.8 Å². The number of rotatable bonds is 12. The normalized spacial score (nSPS) is 13.8. The van der Waals surface area contributed by atoms with Gasteiger partial charge in [-0.2, -0.15) is 0 Å². The molecule has 210 valence electrons. The molecule has 0 saturated heterocycles. The molecule has 0 aromatic heterocycles. The van der Waals surface area contributed by atoms with Crippen molar-refractivity contribution in [2.45, 2.75) is 78.7 Å². The maximum absolute atomic E-state index is 13.3. The van der Waals surface area contributed by atoms with Crippen molar-refractivity contribution in [3.05, 3.63) is 48.6 Å². The predicted molar refractivity (Wildman–Crippen MR) is 139 cm³/mol. The van der Waals surface area contributed by atoms with Crippen LogP contribution in [-0.2, 0) is 44.7 Å². The van der Waals surface area contributed by atoms with E-state index in [1.807, 2.05) is 0 Å². The lowest BCUT2D eigenvalue weighted by Crippen LogP contribution is -2.46. The van der Waals surface area contributed by atoms with E-state index >= 15 is 0 Å². The monoisotopic (exact) mass is 533 g/mol. The number of hydrogen-bond donors (Lipinski definition) is 1. The highest BCUT2D eigenvalue weighted by Gasteiger charge is 2.45.